The first-order valence-electron chi connectivity index (χ1n) is 5.66. The van der Waals surface area contributed by atoms with Crippen molar-refractivity contribution in [2.75, 3.05) is 13.1 Å². The van der Waals surface area contributed by atoms with Crippen molar-refractivity contribution < 1.29 is 5.11 Å². The molecule has 0 radical (unpaired) electrons. The Morgan fingerprint density at radius 3 is 2.53 bits per heavy atom. The number of rotatable bonds is 2. The molecule has 0 bridgehead atoms. The standard InChI is InChI=1S/C13H19NO/c1-9-5-12(6-10(2)13(9)15)7-11-3-4-14-8-11/h5-6,11,14-15H,3-4,7-8H2,1-2H3. The molecule has 0 spiro atoms. The van der Waals surface area contributed by atoms with Crippen LogP contribution in [0.25, 0.3) is 0 Å². The summed E-state index contributed by atoms with van der Waals surface area (Å²) < 4.78 is 0. The highest BCUT2D eigenvalue weighted by Gasteiger charge is 2.15. The number of nitrogens with one attached hydrogen (secondary N) is 1. The number of hydrogen-bond donors (Lipinski definition) is 2. The van der Waals surface area contributed by atoms with E-state index in [0.29, 0.717) is 5.75 Å². The van der Waals surface area contributed by atoms with Crippen LogP contribution < -0.4 is 5.32 Å². The van der Waals surface area contributed by atoms with Crippen molar-refractivity contribution >= 4 is 0 Å². The van der Waals surface area contributed by atoms with Crippen LogP contribution in [0.1, 0.15) is 23.1 Å². The largest absolute Gasteiger partial charge is 0.507 e. The molecule has 82 valence electrons. The van der Waals surface area contributed by atoms with E-state index in [1.54, 1.807) is 0 Å². The summed E-state index contributed by atoms with van der Waals surface area (Å²) in [5.41, 5.74) is 3.35. The maximum absolute atomic E-state index is 9.68. The van der Waals surface area contributed by atoms with Gasteiger partial charge in [-0.2, -0.15) is 0 Å². The van der Waals surface area contributed by atoms with Gasteiger partial charge in [-0.15, -0.1) is 0 Å². The van der Waals surface area contributed by atoms with Crippen molar-refractivity contribution in [3.8, 4) is 5.75 Å². The van der Waals surface area contributed by atoms with E-state index in [1.807, 2.05) is 13.8 Å². The summed E-state index contributed by atoms with van der Waals surface area (Å²) in [5, 5.41) is 13.1. The Balaban J connectivity index is 2.14. The summed E-state index contributed by atoms with van der Waals surface area (Å²) in [5.74, 6) is 1.22. The molecule has 1 saturated heterocycles. The first-order chi connectivity index (χ1) is 7.16. The van der Waals surface area contributed by atoms with Crippen LogP contribution in [-0.2, 0) is 6.42 Å². The van der Waals surface area contributed by atoms with E-state index in [1.165, 1.54) is 12.0 Å². The molecule has 2 rings (SSSR count). The van der Waals surface area contributed by atoms with Crippen LogP contribution in [0, 0.1) is 19.8 Å². The summed E-state index contributed by atoms with van der Waals surface area (Å²) in [6.07, 6.45) is 2.41. The maximum atomic E-state index is 9.68. The predicted molar refractivity (Wildman–Crippen MR) is 62.3 cm³/mol. The van der Waals surface area contributed by atoms with E-state index in [0.717, 1.165) is 36.6 Å². The van der Waals surface area contributed by atoms with Crippen LogP contribution in [0.3, 0.4) is 0 Å². The monoisotopic (exact) mass is 205 g/mol. The molecule has 0 amide bonds. The highest BCUT2D eigenvalue weighted by atomic mass is 16.3. The topological polar surface area (TPSA) is 32.3 Å². The number of benzene rings is 1. The van der Waals surface area contributed by atoms with E-state index in [9.17, 15) is 5.11 Å². The lowest BCUT2D eigenvalue weighted by Gasteiger charge is -2.11. The Labute approximate surface area is 91.3 Å². The Bertz CT molecular complexity index is 331. The van der Waals surface area contributed by atoms with Gasteiger partial charge in [-0.1, -0.05) is 12.1 Å². The van der Waals surface area contributed by atoms with Crippen LogP contribution in [-0.4, -0.2) is 18.2 Å². The molecule has 1 heterocycles. The average Bonchev–Trinajstić information content (AvgIpc) is 2.66. The Kier molecular flexibility index (Phi) is 2.96. The van der Waals surface area contributed by atoms with Crippen molar-refractivity contribution in [2.45, 2.75) is 26.7 Å². The van der Waals surface area contributed by atoms with Crippen molar-refractivity contribution in [1.29, 1.82) is 0 Å². The molecule has 0 aliphatic carbocycles. The van der Waals surface area contributed by atoms with Gasteiger partial charge in [-0.25, -0.2) is 0 Å². The van der Waals surface area contributed by atoms with Crippen molar-refractivity contribution in [2.24, 2.45) is 5.92 Å². The first-order valence-corrected chi connectivity index (χ1v) is 5.66. The average molecular weight is 205 g/mol. The van der Waals surface area contributed by atoms with E-state index >= 15 is 0 Å². The molecular weight excluding hydrogens is 186 g/mol. The van der Waals surface area contributed by atoms with Gasteiger partial charge >= 0.3 is 0 Å². The summed E-state index contributed by atoms with van der Waals surface area (Å²) in [6, 6.07) is 4.22. The minimum Gasteiger partial charge on any atom is -0.507 e. The van der Waals surface area contributed by atoms with Gasteiger partial charge in [0, 0.05) is 0 Å². The van der Waals surface area contributed by atoms with Crippen LogP contribution in [0.15, 0.2) is 12.1 Å². The number of aryl methyl sites for hydroxylation is 2. The van der Waals surface area contributed by atoms with Gasteiger partial charge in [0.2, 0.25) is 0 Å². The van der Waals surface area contributed by atoms with Crippen LogP contribution in [0.5, 0.6) is 5.75 Å². The highest BCUT2D eigenvalue weighted by molar-refractivity contribution is 5.42. The normalized spacial score (nSPS) is 20.8. The van der Waals surface area contributed by atoms with Crippen LogP contribution in [0.4, 0.5) is 0 Å². The molecule has 1 aliphatic heterocycles. The molecule has 1 aromatic carbocycles. The summed E-state index contributed by atoms with van der Waals surface area (Å²) >= 11 is 0. The van der Waals surface area contributed by atoms with Crippen LogP contribution >= 0.6 is 0 Å². The number of aromatic hydroxyl groups is 1. The quantitative estimate of drug-likeness (QED) is 0.775. The van der Waals surface area contributed by atoms with Gasteiger partial charge < -0.3 is 10.4 Å². The fourth-order valence-electron chi connectivity index (χ4n) is 2.39. The van der Waals surface area contributed by atoms with Crippen LogP contribution in [0.2, 0.25) is 0 Å². The third kappa shape index (κ3) is 2.32. The second kappa shape index (κ2) is 4.23. The second-order valence-corrected chi connectivity index (χ2v) is 4.64. The maximum Gasteiger partial charge on any atom is 0.121 e. The molecule has 2 nitrogen and oxygen atoms in total. The number of phenols is 1. The van der Waals surface area contributed by atoms with Crippen molar-refractivity contribution in [1.82, 2.24) is 5.32 Å². The van der Waals surface area contributed by atoms with Gasteiger partial charge in [0.05, 0.1) is 0 Å². The van der Waals surface area contributed by atoms with E-state index in [2.05, 4.69) is 17.4 Å². The second-order valence-electron chi connectivity index (χ2n) is 4.64. The zero-order chi connectivity index (χ0) is 10.8. The molecular formula is C13H19NO. The molecule has 2 heteroatoms. The van der Waals surface area contributed by atoms with E-state index < -0.39 is 0 Å². The predicted octanol–water partition coefficient (Wildman–Crippen LogP) is 2.16. The molecule has 1 aromatic rings. The van der Waals surface area contributed by atoms with E-state index in [-0.39, 0.29) is 0 Å². The molecule has 0 aromatic heterocycles. The van der Waals surface area contributed by atoms with Gasteiger partial charge in [0.1, 0.15) is 5.75 Å². The smallest absolute Gasteiger partial charge is 0.121 e. The Hall–Kier alpha value is -1.02. The fraction of sp³-hybridized carbons (Fsp3) is 0.538. The zero-order valence-electron chi connectivity index (χ0n) is 9.51. The highest BCUT2D eigenvalue weighted by Crippen LogP contribution is 2.25. The van der Waals surface area contributed by atoms with Gasteiger partial charge in [0.25, 0.3) is 0 Å². The summed E-state index contributed by atoms with van der Waals surface area (Å²) in [4.78, 5) is 0. The number of phenolic OH excluding ortho intramolecular Hbond substituents is 1. The molecule has 1 fully saturated rings. The molecule has 1 atom stereocenters. The van der Waals surface area contributed by atoms with Crippen molar-refractivity contribution in [3.05, 3.63) is 28.8 Å². The van der Waals surface area contributed by atoms with Gasteiger partial charge in [0.15, 0.2) is 0 Å². The van der Waals surface area contributed by atoms with Gasteiger partial charge in [-0.3, -0.25) is 0 Å². The lowest BCUT2D eigenvalue weighted by Crippen LogP contribution is -2.10. The molecule has 15 heavy (non-hydrogen) atoms. The van der Waals surface area contributed by atoms with Gasteiger partial charge in [-0.05, 0) is 62.4 Å². The van der Waals surface area contributed by atoms with Crippen molar-refractivity contribution in [3.63, 3.8) is 0 Å². The molecule has 1 unspecified atom stereocenters. The molecule has 1 aliphatic rings. The minimum atomic E-state index is 0.447. The van der Waals surface area contributed by atoms with E-state index in [4.69, 9.17) is 0 Å². The third-order valence-corrected chi connectivity index (χ3v) is 3.24. The Morgan fingerprint density at radius 1 is 1.33 bits per heavy atom. The summed E-state index contributed by atoms with van der Waals surface area (Å²) in [6.45, 7) is 6.23. The SMILES string of the molecule is Cc1cc(CC2CCNC2)cc(C)c1O. The lowest BCUT2D eigenvalue weighted by atomic mass is 9.95. The molecule has 0 saturated carbocycles. The molecule has 2 N–H and O–H groups in total. The summed E-state index contributed by atoms with van der Waals surface area (Å²) in [7, 11) is 0. The first kappa shape index (κ1) is 10.5. The fourth-order valence-corrected chi connectivity index (χ4v) is 2.39. The minimum absolute atomic E-state index is 0.447. The zero-order valence-corrected chi connectivity index (χ0v) is 9.51. The lowest BCUT2D eigenvalue weighted by molar-refractivity contribution is 0.466. The number of hydrogen-bond acceptors (Lipinski definition) is 2. The third-order valence-electron chi connectivity index (χ3n) is 3.24. The Morgan fingerprint density at radius 2 is 2.00 bits per heavy atom.